The Balaban J connectivity index is 1.44. The Labute approximate surface area is 160 Å². The Bertz CT molecular complexity index is 767. The summed E-state index contributed by atoms with van der Waals surface area (Å²) in [6.07, 6.45) is 4.47. The summed E-state index contributed by atoms with van der Waals surface area (Å²) in [7, 11) is 3.73. The van der Waals surface area contributed by atoms with E-state index in [0.29, 0.717) is 32.5 Å². The quantitative estimate of drug-likeness (QED) is 0.763. The molecule has 6 heteroatoms. The molecular formula is C21H26N4O2. The third-order valence-corrected chi connectivity index (χ3v) is 4.83. The maximum atomic E-state index is 12.6. The number of carbonyl (C=O) groups is 2. The number of nitrogens with zero attached hydrogens (tertiary/aromatic N) is 3. The van der Waals surface area contributed by atoms with Gasteiger partial charge in [-0.15, -0.1) is 0 Å². The molecule has 1 aliphatic heterocycles. The summed E-state index contributed by atoms with van der Waals surface area (Å²) in [5.74, 6) is 0.0610. The van der Waals surface area contributed by atoms with Crippen molar-refractivity contribution in [1.29, 1.82) is 0 Å². The molecule has 1 aromatic heterocycles. The standard InChI is InChI=1S/C21H26N4O2/c1-24(2)20(16-9-5-11-22-13-16)21(27)23-12-6-10-19(26)25-14-17-7-3-4-8-18(17)15-25/h3-5,7-9,11,13,20H,6,10,12,14-15H2,1-2H3,(H,23,27)/t20-/m1/s1. The molecule has 2 heterocycles. The lowest BCUT2D eigenvalue weighted by atomic mass is 10.1. The van der Waals surface area contributed by atoms with E-state index in [2.05, 4.69) is 22.4 Å². The summed E-state index contributed by atoms with van der Waals surface area (Å²) in [6.45, 7) is 1.85. The van der Waals surface area contributed by atoms with Gasteiger partial charge in [-0.05, 0) is 43.3 Å². The highest BCUT2D eigenvalue weighted by Gasteiger charge is 2.24. The van der Waals surface area contributed by atoms with Crippen molar-refractivity contribution in [1.82, 2.24) is 20.1 Å². The molecule has 0 radical (unpaired) electrons. The van der Waals surface area contributed by atoms with Crippen LogP contribution in [-0.4, -0.2) is 47.2 Å². The maximum Gasteiger partial charge on any atom is 0.242 e. The number of aromatic nitrogens is 1. The van der Waals surface area contributed by atoms with Crippen LogP contribution >= 0.6 is 0 Å². The van der Waals surface area contributed by atoms with Gasteiger partial charge < -0.3 is 10.2 Å². The Morgan fingerprint density at radius 1 is 1.15 bits per heavy atom. The Morgan fingerprint density at radius 3 is 2.44 bits per heavy atom. The number of nitrogens with one attached hydrogen (secondary N) is 1. The Hall–Kier alpha value is -2.73. The normalized spacial score (nSPS) is 14.1. The summed E-state index contributed by atoms with van der Waals surface area (Å²) in [5, 5.41) is 2.95. The van der Waals surface area contributed by atoms with Gasteiger partial charge in [0.05, 0.1) is 0 Å². The first-order valence-corrected chi connectivity index (χ1v) is 9.25. The fourth-order valence-electron chi connectivity index (χ4n) is 3.44. The van der Waals surface area contributed by atoms with Crippen molar-refractivity contribution in [3.8, 4) is 0 Å². The van der Waals surface area contributed by atoms with Crippen molar-refractivity contribution >= 4 is 11.8 Å². The van der Waals surface area contributed by atoms with Crippen LogP contribution in [0.4, 0.5) is 0 Å². The molecule has 0 fully saturated rings. The van der Waals surface area contributed by atoms with Gasteiger partial charge in [0.15, 0.2) is 0 Å². The lowest BCUT2D eigenvalue weighted by molar-refractivity contribution is -0.132. The Morgan fingerprint density at radius 2 is 1.85 bits per heavy atom. The van der Waals surface area contributed by atoms with E-state index in [-0.39, 0.29) is 17.9 Å². The van der Waals surface area contributed by atoms with Crippen molar-refractivity contribution in [3.05, 3.63) is 65.5 Å². The third kappa shape index (κ3) is 4.71. The van der Waals surface area contributed by atoms with Crippen LogP contribution in [0.15, 0.2) is 48.8 Å². The average molecular weight is 366 g/mol. The molecule has 2 aromatic rings. The van der Waals surface area contributed by atoms with Crippen LogP contribution in [-0.2, 0) is 22.7 Å². The fraction of sp³-hybridized carbons (Fsp3) is 0.381. The van der Waals surface area contributed by atoms with E-state index in [0.717, 1.165) is 5.56 Å². The molecule has 142 valence electrons. The number of carbonyl (C=O) groups excluding carboxylic acids is 2. The van der Waals surface area contributed by atoms with Gasteiger partial charge >= 0.3 is 0 Å². The lowest BCUT2D eigenvalue weighted by Gasteiger charge is -2.23. The van der Waals surface area contributed by atoms with Crippen molar-refractivity contribution in [2.24, 2.45) is 0 Å². The maximum absolute atomic E-state index is 12.6. The van der Waals surface area contributed by atoms with Crippen LogP contribution in [0.2, 0.25) is 0 Å². The molecule has 27 heavy (non-hydrogen) atoms. The van der Waals surface area contributed by atoms with Gasteiger partial charge in [0.25, 0.3) is 0 Å². The molecule has 0 unspecified atom stereocenters. The molecule has 0 aliphatic carbocycles. The van der Waals surface area contributed by atoms with Crippen LogP contribution < -0.4 is 5.32 Å². The first kappa shape index (κ1) is 19.0. The number of hydrogen-bond acceptors (Lipinski definition) is 4. The predicted octanol–water partition coefficient (Wildman–Crippen LogP) is 2.12. The fourth-order valence-corrected chi connectivity index (χ4v) is 3.44. The second-order valence-corrected chi connectivity index (χ2v) is 7.07. The predicted molar refractivity (Wildman–Crippen MR) is 104 cm³/mol. The summed E-state index contributed by atoms with van der Waals surface area (Å²) in [5.41, 5.74) is 3.31. The number of pyridine rings is 1. The van der Waals surface area contributed by atoms with E-state index in [1.807, 2.05) is 48.2 Å². The molecule has 0 spiro atoms. The second kappa shape index (κ2) is 8.77. The first-order valence-electron chi connectivity index (χ1n) is 9.25. The highest BCUT2D eigenvalue weighted by molar-refractivity contribution is 5.83. The summed E-state index contributed by atoms with van der Waals surface area (Å²) in [6, 6.07) is 11.5. The average Bonchev–Trinajstić information content (AvgIpc) is 3.10. The van der Waals surface area contributed by atoms with Crippen molar-refractivity contribution in [2.45, 2.75) is 32.0 Å². The third-order valence-electron chi connectivity index (χ3n) is 4.83. The van der Waals surface area contributed by atoms with Crippen LogP contribution in [0, 0.1) is 0 Å². The van der Waals surface area contributed by atoms with Gasteiger partial charge in [0, 0.05) is 38.4 Å². The molecular weight excluding hydrogens is 340 g/mol. The number of hydrogen-bond donors (Lipinski definition) is 1. The van der Waals surface area contributed by atoms with Crippen LogP contribution in [0.3, 0.4) is 0 Å². The van der Waals surface area contributed by atoms with Crippen LogP contribution in [0.5, 0.6) is 0 Å². The molecule has 3 rings (SSSR count). The summed E-state index contributed by atoms with van der Waals surface area (Å²) < 4.78 is 0. The molecule has 1 aliphatic rings. The molecule has 0 saturated heterocycles. The molecule has 6 nitrogen and oxygen atoms in total. The summed E-state index contributed by atoms with van der Waals surface area (Å²) >= 11 is 0. The number of rotatable bonds is 7. The van der Waals surface area contributed by atoms with Gasteiger partial charge in [0.1, 0.15) is 6.04 Å². The molecule has 1 aromatic carbocycles. The van der Waals surface area contributed by atoms with E-state index in [9.17, 15) is 9.59 Å². The largest absolute Gasteiger partial charge is 0.354 e. The number of fused-ring (bicyclic) bond motifs is 1. The highest BCUT2D eigenvalue weighted by atomic mass is 16.2. The van der Waals surface area contributed by atoms with E-state index in [4.69, 9.17) is 0 Å². The molecule has 0 saturated carbocycles. The van der Waals surface area contributed by atoms with Crippen LogP contribution in [0.1, 0.15) is 35.6 Å². The topological polar surface area (TPSA) is 65.5 Å². The Kier molecular flexibility index (Phi) is 6.19. The minimum absolute atomic E-state index is 0.0750. The van der Waals surface area contributed by atoms with E-state index >= 15 is 0 Å². The minimum Gasteiger partial charge on any atom is -0.354 e. The van der Waals surface area contributed by atoms with Gasteiger partial charge in [-0.25, -0.2) is 0 Å². The highest BCUT2D eigenvalue weighted by Crippen LogP contribution is 2.23. The van der Waals surface area contributed by atoms with Gasteiger partial charge in [0.2, 0.25) is 11.8 Å². The summed E-state index contributed by atoms with van der Waals surface area (Å²) in [4.78, 5) is 32.8. The zero-order chi connectivity index (χ0) is 19.2. The first-order chi connectivity index (χ1) is 13.1. The smallest absolute Gasteiger partial charge is 0.242 e. The number of likely N-dealkylation sites (N-methyl/N-ethyl adjacent to an activating group) is 1. The molecule has 1 atom stereocenters. The molecule has 2 amide bonds. The van der Waals surface area contributed by atoms with E-state index in [1.165, 1.54) is 11.1 Å². The zero-order valence-corrected chi connectivity index (χ0v) is 15.9. The van der Waals surface area contributed by atoms with Crippen molar-refractivity contribution in [3.63, 3.8) is 0 Å². The second-order valence-electron chi connectivity index (χ2n) is 7.07. The van der Waals surface area contributed by atoms with Gasteiger partial charge in [-0.2, -0.15) is 0 Å². The van der Waals surface area contributed by atoms with Gasteiger partial charge in [-0.3, -0.25) is 19.5 Å². The number of benzene rings is 1. The van der Waals surface area contributed by atoms with E-state index in [1.54, 1.807) is 12.4 Å². The van der Waals surface area contributed by atoms with Gasteiger partial charge in [-0.1, -0.05) is 30.3 Å². The molecule has 1 N–H and O–H groups in total. The molecule has 0 bridgehead atoms. The lowest BCUT2D eigenvalue weighted by Crippen LogP contribution is -2.37. The van der Waals surface area contributed by atoms with Crippen molar-refractivity contribution in [2.75, 3.05) is 20.6 Å². The van der Waals surface area contributed by atoms with E-state index < -0.39 is 0 Å². The van der Waals surface area contributed by atoms with Crippen molar-refractivity contribution < 1.29 is 9.59 Å². The zero-order valence-electron chi connectivity index (χ0n) is 15.9. The van der Waals surface area contributed by atoms with Crippen LogP contribution in [0.25, 0.3) is 0 Å². The monoisotopic (exact) mass is 366 g/mol. The SMILES string of the molecule is CN(C)[C@@H](C(=O)NCCCC(=O)N1Cc2ccccc2C1)c1cccnc1. The minimum atomic E-state index is -0.387. The number of amides is 2.